The molecule has 0 radical (unpaired) electrons. The molecule has 148 valence electrons. The van der Waals surface area contributed by atoms with E-state index in [1.54, 1.807) is 21.6 Å². The third-order valence-corrected chi connectivity index (χ3v) is 6.01. The van der Waals surface area contributed by atoms with Crippen molar-refractivity contribution in [3.63, 3.8) is 0 Å². The fraction of sp³-hybridized carbons (Fsp3) is 0.300. The predicted molar refractivity (Wildman–Crippen MR) is 110 cm³/mol. The summed E-state index contributed by atoms with van der Waals surface area (Å²) in [6, 6.07) is 2.10. The SMILES string of the molecule is Cn1cc(-c2cnc3c(-c4csc(C(=O)NC5CCOCC5)c4)cnn3c2)cn1. The van der Waals surface area contributed by atoms with Gasteiger partial charge in [0.15, 0.2) is 5.65 Å². The van der Waals surface area contributed by atoms with E-state index >= 15 is 0 Å². The summed E-state index contributed by atoms with van der Waals surface area (Å²) in [6.45, 7) is 1.41. The van der Waals surface area contributed by atoms with Crippen LogP contribution in [0, 0.1) is 0 Å². The normalized spacial score (nSPS) is 15.1. The molecule has 1 aliphatic rings. The topological polar surface area (TPSA) is 86.3 Å². The fourth-order valence-corrected chi connectivity index (χ4v) is 4.30. The minimum absolute atomic E-state index is 0.0311. The van der Waals surface area contributed by atoms with Gasteiger partial charge in [-0.15, -0.1) is 11.3 Å². The van der Waals surface area contributed by atoms with E-state index in [1.165, 1.54) is 11.3 Å². The summed E-state index contributed by atoms with van der Waals surface area (Å²) in [7, 11) is 1.88. The van der Waals surface area contributed by atoms with E-state index in [4.69, 9.17) is 4.74 Å². The lowest BCUT2D eigenvalue weighted by atomic mass is 10.1. The molecule has 4 aromatic rings. The quantitative estimate of drug-likeness (QED) is 0.561. The smallest absolute Gasteiger partial charge is 0.261 e. The lowest BCUT2D eigenvalue weighted by molar-refractivity contribution is 0.0698. The highest BCUT2D eigenvalue weighted by atomic mass is 32.1. The second kappa shape index (κ2) is 7.41. The molecule has 5 heterocycles. The molecule has 1 aliphatic heterocycles. The minimum Gasteiger partial charge on any atom is -0.381 e. The third kappa shape index (κ3) is 3.54. The van der Waals surface area contributed by atoms with E-state index < -0.39 is 0 Å². The van der Waals surface area contributed by atoms with Crippen molar-refractivity contribution >= 4 is 22.9 Å². The molecule has 29 heavy (non-hydrogen) atoms. The maximum atomic E-state index is 12.6. The van der Waals surface area contributed by atoms with Crippen LogP contribution in [-0.4, -0.2) is 49.5 Å². The van der Waals surface area contributed by atoms with E-state index in [0.717, 1.165) is 40.7 Å². The highest BCUT2D eigenvalue weighted by Gasteiger charge is 2.19. The summed E-state index contributed by atoms with van der Waals surface area (Å²) < 4.78 is 8.87. The standard InChI is InChI=1S/C20H20N6O2S/c1-25-10-15(8-22-25)14-7-21-19-17(9-23-26(19)11-14)13-6-18(29-12-13)20(27)24-16-2-4-28-5-3-16/h6-12,16H,2-5H2,1H3,(H,24,27). The van der Waals surface area contributed by atoms with Gasteiger partial charge in [-0.25, -0.2) is 9.50 Å². The molecular weight excluding hydrogens is 388 g/mol. The van der Waals surface area contributed by atoms with Gasteiger partial charge < -0.3 is 10.1 Å². The Hall–Kier alpha value is -3.04. The number of rotatable bonds is 4. The summed E-state index contributed by atoms with van der Waals surface area (Å²) in [5.41, 5.74) is 4.54. The van der Waals surface area contributed by atoms with Crippen LogP contribution in [0.15, 0.2) is 42.4 Å². The van der Waals surface area contributed by atoms with E-state index in [9.17, 15) is 4.79 Å². The molecule has 0 aliphatic carbocycles. The zero-order chi connectivity index (χ0) is 19.8. The summed E-state index contributed by atoms with van der Waals surface area (Å²) in [5, 5.41) is 13.7. The van der Waals surface area contributed by atoms with Crippen LogP contribution in [0.2, 0.25) is 0 Å². The molecule has 0 saturated carbocycles. The lowest BCUT2D eigenvalue weighted by Gasteiger charge is -2.22. The van der Waals surface area contributed by atoms with Gasteiger partial charge in [-0.05, 0) is 29.9 Å². The molecule has 0 aromatic carbocycles. The van der Waals surface area contributed by atoms with Gasteiger partial charge in [-0.1, -0.05) is 0 Å². The molecular formula is C20H20N6O2S. The zero-order valence-corrected chi connectivity index (χ0v) is 16.7. The Kier molecular flexibility index (Phi) is 4.61. The fourth-order valence-electron chi connectivity index (χ4n) is 3.49. The number of carbonyl (C=O) groups is 1. The van der Waals surface area contributed by atoms with E-state index in [1.807, 2.05) is 37.1 Å². The molecule has 4 aromatic heterocycles. The second-order valence-corrected chi connectivity index (χ2v) is 8.04. The first-order valence-corrected chi connectivity index (χ1v) is 10.4. The van der Waals surface area contributed by atoms with Crippen LogP contribution in [0.1, 0.15) is 22.5 Å². The van der Waals surface area contributed by atoms with E-state index in [2.05, 4.69) is 20.5 Å². The van der Waals surface area contributed by atoms with Crippen molar-refractivity contribution < 1.29 is 9.53 Å². The molecule has 0 spiro atoms. The first-order valence-electron chi connectivity index (χ1n) is 9.47. The Morgan fingerprint density at radius 2 is 1.97 bits per heavy atom. The first kappa shape index (κ1) is 18.0. The van der Waals surface area contributed by atoms with Crippen LogP contribution >= 0.6 is 11.3 Å². The van der Waals surface area contributed by atoms with Gasteiger partial charge in [0.05, 0.1) is 17.3 Å². The second-order valence-electron chi connectivity index (χ2n) is 7.13. The van der Waals surface area contributed by atoms with Crippen molar-refractivity contribution in [3.05, 3.63) is 47.3 Å². The maximum absolute atomic E-state index is 12.6. The van der Waals surface area contributed by atoms with Crippen molar-refractivity contribution in [3.8, 4) is 22.3 Å². The number of aryl methyl sites for hydroxylation is 1. The molecule has 5 rings (SSSR count). The highest BCUT2D eigenvalue weighted by molar-refractivity contribution is 7.12. The van der Waals surface area contributed by atoms with Crippen LogP contribution in [-0.2, 0) is 11.8 Å². The molecule has 1 N–H and O–H groups in total. The van der Waals surface area contributed by atoms with Crippen molar-refractivity contribution in [1.82, 2.24) is 29.7 Å². The van der Waals surface area contributed by atoms with Gasteiger partial charge in [-0.2, -0.15) is 10.2 Å². The molecule has 0 atom stereocenters. The molecule has 1 amide bonds. The highest BCUT2D eigenvalue weighted by Crippen LogP contribution is 2.29. The monoisotopic (exact) mass is 408 g/mol. The molecule has 1 saturated heterocycles. The summed E-state index contributed by atoms with van der Waals surface area (Å²) >= 11 is 1.44. The molecule has 9 heteroatoms. The Bertz CT molecular complexity index is 1170. The average Bonchev–Trinajstić information content (AvgIpc) is 3.47. The van der Waals surface area contributed by atoms with Gasteiger partial charge >= 0.3 is 0 Å². The van der Waals surface area contributed by atoms with Crippen LogP contribution < -0.4 is 5.32 Å². The van der Waals surface area contributed by atoms with Gasteiger partial charge in [-0.3, -0.25) is 9.48 Å². The molecule has 0 bridgehead atoms. The van der Waals surface area contributed by atoms with Crippen LogP contribution in [0.3, 0.4) is 0 Å². The largest absolute Gasteiger partial charge is 0.381 e. The van der Waals surface area contributed by atoms with Gasteiger partial charge in [0.1, 0.15) is 0 Å². The minimum atomic E-state index is -0.0311. The van der Waals surface area contributed by atoms with Crippen molar-refractivity contribution in [1.29, 1.82) is 0 Å². The van der Waals surface area contributed by atoms with Crippen LogP contribution in [0.25, 0.3) is 27.9 Å². The van der Waals surface area contributed by atoms with Gasteiger partial charge in [0, 0.05) is 61.6 Å². The Balaban J connectivity index is 1.39. The number of fused-ring (bicyclic) bond motifs is 1. The first-order chi connectivity index (χ1) is 14.2. The van der Waals surface area contributed by atoms with Gasteiger partial charge in [0.25, 0.3) is 5.91 Å². The number of thiophene rings is 1. The van der Waals surface area contributed by atoms with Crippen molar-refractivity contribution in [2.75, 3.05) is 13.2 Å². The van der Waals surface area contributed by atoms with Crippen molar-refractivity contribution in [2.45, 2.75) is 18.9 Å². The maximum Gasteiger partial charge on any atom is 0.261 e. The summed E-state index contributed by atoms with van der Waals surface area (Å²) in [4.78, 5) is 17.9. The molecule has 1 fully saturated rings. The number of carbonyl (C=O) groups excluding carboxylic acids is 1. The van der Waals surface area contributed by atoms with Gasteiger partial charge in [0.2, 0.25) is 0 Å². The third-order valence-electron chi connectivity index (χ3n) is 5.09. The van der Waals surface area contributed by atoms with Crippen molar-refractivity contribution in [2.24, 2.45) is 7.05 Å². The summed E-state index contributed by atoms with van der Waals surface area (Å²) in [5.74, 6) is -0.0311. The lowest BCUT2D eigenvalue weighted by Crippen LogP contribution is -2.38. The number of nitrogens with zero attached hydrogens (tertiary/aromatic N) is 5. The number of aromatic nitrogens is 5. The Morgan fingerprint density at radius 1 is 1.14 bits per heavy atom. The number of nitrogens with one attached hydrogen (secondary N) is 1. The number of amides is 1. The summed E-state index contributed by atoms with van der Waals surface area (Å²) in [6.07, 6.45) is 11.0. The number of hydrogen-bond donors (Lipinski definition) is 1. The van der Waals surface area contributed by atoms with E-state index in [0.29, 0.717) is 18.1 Å². The predicted octanol–water partition coefficient (Wildman–Crippen LogP) is 2.77. The zero-order valence-electron chi connectivity index (χ0n) is 15.9. The Labute approximate surface area is 171 Å². The van der Waals surface area contributed by atoms with Crippen LogP contribution in [0.5, 0.6) is 0 Å². The average molecular weight is 408 g/mol. The number of ether oxygens (including phenoxy) is 1. The molecule has 0 unspecified atom stereocenters. The van der Waals surface area contributed by atoms with E-state index in [-0.39, 0.29) is 11.9 Å². The number of hydrogen-bond acceptors (Lipinski definition) is 6. The van der Waals surface area contributed by atoms with Crippen LogP contribution in [0.4, 0.5) is 0 Å². The Morgan fingerprint density at radius 3 is 2.76 bits per heavy atom. The molecule has 8 nitrogen and oxygen atoms in total.